The summed E-state index contributed by atoms with van der Waals surface area (Å²) in [5.74, 6) is -0.289. The summed E-state index contributed by atoms with van der Waals surface area (Å²) < 4.78 is 15.4. The monoisotopic (exact) mass is 264 g/mol. The topological polar surface area (TPSA) is 34.9 Å². The number of aldehydes is 1. The molecule has 1 aromatic carbocycles. The summed E-state index contributed by atoms with van der Waals surface area (Å²) in [6.45, 7) is 2.61. The van der Waals surface area contributed by atoms with E-state index in [-0.39, 0.29) is 5.82 Å². The van der Waals surface area contributed by atoms with Crippen molar-refractivity contribution in [2.75, 3.05) is 6.26 Å². The molecule has 0 aliphatic heterocycles. The van der Waals surface area contributed by atoms with E-state index in [9.17, 15) is 9.18 Å². The Bertz CT molecular complexity index is 580. The Kier molecular flexibility index (Phi) is 3.81. The normalized spacial score (nSPS) is 10.6. The fourth-order valence-corrected chi connectivity index (χ4v) is 2.18. The van der Waals surface area contributed by atoms with Crippen LogP contribution >= 0.6 is 11.8 Å². The van der Waals surface area contributed by atoms with Crippen molar-refractivity contribution in [3.8, 4) is 11.3 Å². The van der Waals surface area contributed by atoms with Crippen molar-refractivity contribution in [1.29, 1.82) is 0 Å². The molecular weight excluding hydrogens is 251 g/mol. The van der Waals surface area contributed by atoms with Gasteiger partial charge in [-0.2, -0.15) is 5.10 Å². The molecule has 94 valence electrons. The number of thioether (sulfide) groups is 1. The second-order valence-electron chi connectivity index (χ2n) is 3.76. The molecule has 18 heavy (non-hydrogen) atoms. The van der Waals surface area contributed by atoms with Gasteiger partial charge in [0, 0.05) is 23.2 Å². The van der Waals surface area contributed by atoms with Gasteiger partial charge < -0.3 is 0 Å². The Balaban J connectivity index is 2.50. The highest BCUT2D eigenvalue weighted by Crippen LogP contribution is 2.26. The molecule has 0 aliphatic rings. The Morgan fingerprint density at radius 3 is 2.83 bits per heavy atom. The number of hydrogen-bond acceptors (Lipinski definition) is 3. The number of carbonyl (C=O) groups excluding carboxylic acids is 1. The number of carbonyl (C=O) groups is 1. The number of aryl methyl sites for hydroxylation is 1. The third-order valence-electron chi connectivity index (χ3n) is 2.67. The van der Waals surface area contributed by atoms with E-state index in [1.165, 1.54) is 17.8 Å². The zero-order valence-corrected chi connectivity index (χ0v) is 11.0. The first-order valence-corrected chi connectivity index (χ1v) is 6.78. The molecule has 2 rings (SSSR count). The van der Waals surface area contributed by atoms with Gasteiger partial charge in [0.1, 0.15) is 11.5 Å². The van der Waals surface area contributed by atoms with Gasteiger partial charge in [-0.3, -0.25) is 9.48 Å². The molecule has 0 saturated carbocycles. The van der Waals surface area contributed by atoms with E-state index < -0.39 is 0 Å². The van der Waals surface area contributed by atoms with Crippen molar-refractivity contribution in [1.82, 2.24) is 9.78 Å². The van der Waals surface area contributed by atoms with Crippen molar-refractivity contribution < 1.29 is 9.18 Å². The van der Waals surface area contributed by atoms with Gasteiger partial charge in [-0.1, -0.05) is 6.07 Å². The fourth-order valence-electron chi connectivity index (χ4n) is 1.72. The highest BCUT2D eigenvalue weighted by atomic mass is 32.2. The zero-order chi connectivity index (χ0) is 13.1. The summed E-state index contributed by atoms with van der Waals surface area (Å²) in [7, 11) is 0. The Labute approximate surface area is 109 Å². The number of aromatic nitrogens is 2. The molecule has 0 radical (unpaired) electrons. The highest BCUT2D eigenvalue weighted by Gasteiger charge is 2.12. The summed E-state index contributed by atoms with van der Waals surface area (Å²) in [4.78, 5) is 11.6. The van der Waals surface area contributed by atoms with Crippen molar-refractivity contribution >= 4 is 18.0 Å². The number of rotatable bonds is 4. The molecule has 5 heteroatoms. The summed E-state index contributed by atoms with van der Waals surface area (Å²) in [6.07, 6.45) is 4.23. The Morgan fingerprint density at radius 2 is 2.28 bits per heavy atom. The maximum absolute atomic E-state index is 13.7. The third-order valence-corrected chi connectivity index (χ3v) is 3.44. The molecule has 0 atom stereocenters. The van der Waals surface area contributed by atoms with Gasteiger partial charge in [-0.25, -0.2) is 4.39 Å². The van der Waals surface area contributed by atoms with Gasteiger partial charge in [0.25, 0.3) is 0 Å². The molecule has 3 nitrogen and oxygen atoms in total. The van der Waals surface area contributed by atoms with Crippen LogP contribution in [0, 0.1) is 5.82 Å². The number of hydrogen-bond donors (Lipinski definition) is 0. The molecule has 0 unspecified atom stereocenters. The lowest BCUT2D eigenvalue weighted by atomic mass is 10.1. The minimum absolute atomic E-state index is 0.289. The zero-order valence-electron chi connectivity index (χ0n) is 10.2. The molecule has 2 aromatic rings. The highest BCUT2D eigenvalue weighted by molar-refractivity contribution is 7.98. The number of nitrogens with zero attached hydrogens (tertiary/aromatic N) is 2. The fraction of sp³-hybridized carbons (Fsp3) is 0.231. The first-order chi connectivity index (χ1) is 8.69. The molecule has 0 amide bonds. The molecule has 0 N–H and O–H groups in total. The van der Waals surface area contributed by atoms with Gasteiger partial charge in [0.2, 0.25) is 0 Å². The molecule has 0 fully saturated rings. The SMILES string of the molecule is CCn1cc(C=O)c(-c2ccc(SC)c(F)c2)n1. The standard InChI is InChI=1S/C13H13FN2OS/c1-3-16-7-10(8-17)13(15-16)9-4-5-12(18-2)11(14)6-9/h4-8H,3H2,1-2H3. The van der Waals surface area contributed by atoms with Crippen LogP contribution in [0.3, 0.4) is 0 Å². The van der Waals surface area contributed by atoms with Crippen LogP contribution in [0.5, 0.6) is 0 Å². The van der Waals surface area contributed by atoms with E-state index in [1.807, 2.05) is 13.2 Å². The van der Waals surface area contributed by atoms with Crippen molar-refractivity contribution in [2.24, 2.45) is 0 Å². The maximum Gasteiger partial charge on any atom is 0.153 e. The Hall–Kier alpha value is -1.62. The van der Waals surface area contributed by atoms with Gasteiger partial charge in [0.15, 0.2) is 6.29 Å². The molecule has 0 saturated heterocycles. The van der Waals surface area contributed by atoms with Crippen LogP contribution in [0.15, 0.2) is 29.3 Å². The van der Waals surface area contributed by atoms with Crippen molar-refractivity contribution in [2.45, 2.75) is 18.4 Å². The average molecular weight is 264 g/mol. The van der Waals surface area contributed by atoms with Crippen LogP contribution in [0.2, 0.25) is 0 Å². The van der Waals surface area contributed by atoms with E-state index in [0.29, 0.717) is 28.3 Å². The predicted molar refractivity (Wildman–Crippen MR) is 70.5 cm³/mol. The summed E-state index contributed by atoms with van der Waals surface area (Å²) in [5.41, 5.74) is 1.63. The van der Waals surface area contributed by atoms with Crippen molar-refractivity contribution in [3.63, 3.8) is 0 Å². The average Bonchev–Trinajstić information content (AvgIpc) is 2.82. The number of benzene rings is 1. The first kappa shape index (κ1) is 12.8. The van der Waals surface area contributed by atoms with Gasteiger partial charge in [-0.15, -0.1) is 11.8 Å². The Morgan fingerprint density at radius 1 is 1.50 bits per heavy atom. The molecule has 0 aliphatic carbocycles. The molecule has 0 spiro atoms. The van der Waals surface area contributed by atoms with Crippen LogP contribution in [-0.2, 0) is 6.54 Å². The van der Waals surface area contributed by atoms with Crippen LogP contribution < -0.4 is 0 Å². The molecule has 0 bridgehead atoms. The van der Waals surface area contributed by atoms with Gasteiger partial charge in [-0.05, 0) is 25.3 Å². The van der Waals surface area contributed by atoms with Crippen molar-refractivity contribution in [3.05, 3.63) is 35.8 Å². The quantitative estimate of drug-likeness (QED) is 0.628. The summed E-state index contributed by atoms with van der Waals surface area (Å²) in [5, 5.41) is 4.28. The minimum atomic E-state index is -0.289. The summed E-state index contributed by atoms with van der Waals surface area (Å²) in [6, 6.07) is 4.90. The molecule has 1 heterocycles. The van der Waals surface area contributed by atoms with E-state index in [4.69, 9.17) is 0 Å². The van der Waals surface area contributed by atoms with Crippen LogP contribution in [-0.4, -0.2) is 22.3 Å². The largest absolute Gasteiger partial charge is 0.298 e. The smallest absolute Gasteiger partial charge is 0.153 e. The third kappa shape index (κ3) is 2.31. The lowest BCUT2D eigenvalue weighted by Crippen LogP contribution is -1.94. The second-order valence-corrected chi connectivity index (χ2v) is 4.60. The van der Waals surface area contributed by atoms with E-state index in [0.717, 1.165) is 6.29 Å². The second kappa shape index (κ2) is 5.35. The lowest BCUT2D eigenvalue weighted by molar-refractivity contribution is 0.112. The first-order valence-electron chi connectivity index (χ1n) is 5.56. The number of halogens is 1. The minimum Gasteiger partial charge on any atom is -0.298 e. The van der Waals surface area contributed by atoms with Crippen LogP contribution in [0.4, 0.5) is 4.39 Å². The van der Waals surface area contributed by atoms with Gasteiger partial charge in [0.05, 0.1) is 5.56 Å². The van der Waals surface area contributed by atoms with Crippen LogP contribution in [0.1, 0.15) is 17.3 Å². The van der Waals surface area contributed by atoms with E-state index in [2.05, 4.69) is 5.10 Å². The lowest BCUT2D eigenvalue weighted by Gasteiger charge is -2.02. The van der Waals surface area contributed by atoms with E-state index in [1.54, 1.807) is 23.0 Å². The summed E-state index contributed by atoms with van der Waals surface area (Å²) >= 11 is 1.35. The van der Waals surface area contributed by atoms with Crippen LogP contribution in [0.25, 0.3) is 11.3 Å². The maximum atomic E-state index is 13.7. The molecular formula is C13H13FN2OS. The van der Waals surface area contributed by atoms with Gasteiger partial charge >= 0.3 is 0 Å². The van der Waals surface area contributed by atoms with E-state index >= 15 is 0 Å². The molecule has 1 aromatic heterocycles. The predicted octanol–water partition coefficient (Wildman–Crippen LogP) is 3.24.